The predicted molar refractivity (Wildman–Crippen MR) is 78.7 cm³/mol. The van der Waals surface area contributed by atoms with Crippen LogP contribution in [0.25, 0.3) is 0 Å². The summed E-state index contributed by atoms with van der Waals surface area (Å²) in [5, 5.41) is 11.4. The number of nitrogens with one attached hydrogen (secondary N) is 1. The van der Waals surface area contributed by atoms with Crippen molar-refractivity contribution < 1.29 is 19.4 Å². The van der Waals surface area contributed by atoms with Gasteiger partial charge in [0, 0.05) is 0 Å². The number of rotatable bonds is 9. The molecule has 1 aromatic carbocycles. The first-order valence-corrected chi connectivity index (χ1v) is 7.65. The van der Waals surface area contributed by atoms with Gasteiger partial charge in [0.15, 0.2) is 0 Å². The Kier molecular flexibility index (Phi) is 7.75. The van der Waals surface area contributed by atoms with Crippen LogP contribution in [0.4, 0.5) is 0 Å². The van der Waals surface area contributed by atoms with Crippen molar-refractivity contribution in [1.29, 1.82) is 0 Å². The van der Waals surface area contributed by atoms with Crippen LogP contribution in [-0.4, -0.2) is 41.6 Å². The van der Waals surface area contributed by atoms with Gasteiger partial charge in [-0.3, -0.25) is 4.79 Å². The monoisotopic (exact) mass is 297 g/mol. The van der Waals surface area contributed by atoms with Crippen molar-refractivity contribution in [3.05, 3.63) is 35.9 Å². The summed E-state index contributed by atoms with van der Waals surface area (Å²) in [6.07, 6.45) is 2.30. The summed E-state index contributed by atoms with van der Waals surface area (Å²) in [5.74, 6) is -0.743. The van der Waals surface area contributed by atoms with Crippen LogP contribution in [0.2, 0.25) is 0 Å². The third kappa shape index (κ3) is 6.58. The Morgan fingerprint density at radius 2 is 2.05 bits per heavy atom. The van der Waals surface area contributed by atoms with E-state index in [1.807, 2.05) is 36.6 Å². The van der Waals surface area contributed by atoms with E-state index in [4.69, 9.17) is 9.84 Å². The van der Waals surface area contributed by atoms with Crippen molar-refractivity contribution in [2.75, 3.05) is 18.6 Å². The molecule has 0 unspecified atom stereocenters. The highest BCUT2D eigenvalue weighted by atomic mass is 32.2. The molecule has 0 fully saturated rings. The second-order valence-corrected chi connectivity index (χ2v) is 5.20. The number of carbonyl (C=O) groups is 2. The Labute approximate surface area is 122 Å². The van der Waals surface area contributed by atoms with Crippen LogP contribution in [0.1, 0.15) is 12.0 Å². The molecule has 2 N–H and O–H groups in total. The lowest BCUT2D eigenvalue weighted by atomic mass is 10.2. The van der Waals surface area contributed by atoms with Crippen LogP contribution in [0.5, 0.6) is 0 Å². The Bertz CT molecular complexity index is 424. The predicted octanol–water partition coefficient (Wildman–Crippen LogP) is 1.53. The molecule has 1 amide bonds. The summed E-state index contributed by atoms with van der Waals surface area (Å²) < 4.78 is 5.26. The Morgan fingerprint density at radius 1 is 1.35 bits per heavy atom. The summed E-state index contributed by atoms with van der Waals surface area (Å²) >= 11 is 1.54. The minimum Gasteiger partial charge on any atom is -0.480 e. The normalized spacial score (nSPS) is 11.8. The zero-order chi connectivity index (χ0) is 14.8. The molecule has 0 aliphatic heterocycles. The first-order valence-electron chi connectivity index (χ1n) is 6.26. The number of ether oxygens (including phenoxy) is 1. The molecule has 0 heterocycles. The van der Waals surface area contributed by atoms with E-state index < -0.39 is 17.9 Å². The van der Waals surface area contributed by atoms with E-state index in [0.29, 0.717) is 18.8 Å². The van der Waals surface area contributed by atoms with Crippen molar-refractivity contribution in [3.8, 4) is 0 Å². The number of carboxylic acid groups (broad SMARTS) is 1. The van der Waals surface area contributed by atoms with Gasteiger partial charge in [-0.25, -0.2) is 4.79 Å². The average Bonchev–Trinajstić information content (AvgIpc) is 2.44. The molecule has 110 valence electrons. The highest BCUT2D eigenvalue weighted by Gasteiger charge is 2.19. The molecular weight excluding hydrogens is 278 g/mol. The summed E-state index contributed by atoms with van der Waals surface area (Å²) in [7, 11) is 0. The molecule has 0 bridgehead atoms. The van der Waals surface area contributed by atoms with Gasteiger partial charge in [0.25, 0.3) is 0 Å². The smallest absolute Gasteiger partial charge is 0.326 e. The summed E-state index contributed by atoms with van der Waals surface area (Å²) in [4.78, 5) is 22.6. The van der Waals surface area contributed by atoms with Gasteiger partial charge in [-0.05, 0) is 24.0 Å². The number of hydrogen-bond acceptors (Lipinski definition) is 4. The van der Waals surface area contributed by atoms with Gasteiger partial charge >= 0.3 is 5.97 Å². The fourth-order valence-corrected chi connectivity index (χ4v) is 2.04. The van der Waals surface area contributed by atoms with Gasteiger partial charge < -0.3 is 15.2 Å². The lowest BCUT2D eigenvalue weighted by Crippen LogP contribution is -2.42. The molecule has 0 radical (unpaired) electrons. The van der Waals surface area contributed by atoms with Crippen molar-refractivity contribution in [2.45, 2.75) is 19.1 Å². The van der Waals surface area contributed by atoms with Crippen LogP contribution in [0, 0.1) is 0 Å². The van der Waals surface area contributed by atoms with Crippen LogP contribution in [-0.2, 0) is 20.9 Å². The number of hydrogen-bond donors (Lipinski definition) is 2. The maximum absolute atomic E-state index is 11.6. The first kappa shape index (κ1) is 16.5. The Morgan fingerprint density at radius 3 is 2.65 bits per heavy atom. The maximum Gasteiger partial charge on any atom is 0.326 e. The molecule has 5 nitrogen and oxygen atoms in total. The van der Waals surface area contributed by atoms with Crippen LogP contribution in [0.3, 0.4) is 0 Å². The van der Waals surface area contributed by atoms with E-state index >= 15 is 0 Å². The number of amides is 1. The van der Waals surface area contributed by atoms with Gasteiger partial charge in [-0.1, -0.05) is 30.3 Å². The third-order valence-corrected chi connectivity index (χ3v) is 3.23. The number of aliphatic carboxylic acids is 1. The summed E-state index contributed by atoms with van der Waals surface area (Å²) in [6.45, 7) is 0.189. The number of benzene rings is 1. The number of thioether (sulfide) groups is 1. The van der Waals surface area contributed by atoms with Crippen molar-refractivity contribution in [2.24, 2.45) is 0 Å². The molecule has 0 saturated carbocycles. The zero-order valence-corrected chi connectivity index (χ0v) is 12.2. The van der Waals surface area contributed by atoms with E-state index in [1.165, 1.54) is 0 Å². The van der Waals surface area contributed by atoms with Crippen molar-refractivity contribution in [1.82, 2.24) is 5.32 Å². The fourth-order valence-electron chi connectivity index (χ4n) is 1.56. The summed E-state index contributed by atoms with van der Waals surface area (Å²) in [6, 6.07) is 8.63. The second kappa shape index (κ2) is 9.39. The molecule has 0 spiro atoms. The van der Waals surface area contributed by atoms with Crippen molar-refractivity contribution in [3.63, 3.8) is 0 Å². The summed E-state index contributed by atoms with van der Waals surface area (Å²) in [5.41, 5.74) is 0.970. The first-order chi connectivity index (χ1) is 9.63. The average molecular weight is 297 g/mol. The van der Waals surface area contributed by atoms with Gasteiger partial charge in [0.1, 0.15) is 12.6 Å². The molecule has 0 saturated heterocycles. The highest BCUT2D eigenvalue weighted by molar-refractivity contribution is 7.98. The van der Waals surface area contributed by atoms with Crippen LogP contribution in [0.15, 0.2) is 30.3 Å². The minimum absolute atomic E-state index is 0.141. The highest BCUT2D eigenvalue weighted by Crippen LogP contribution is 2.02. The molecule has 20 heavy (non-hydrogen) atoms. The molecule has 1 rings (SSSR count). The Balaban J connectivity index is 2.29. The quantitative estimate of drug-likeness (QED) is 0.723. The standard InChI is InChI=1S/C14H19NO4S/c1-20-8-7-12(14(17)18)15-13(16)10-19-9-11-5-3-2-4-6-11/h2-6,12H,7-10H2,1H3,(H,15,16)(H,17,18)/t12-/m0/s1. The van der Waals surface area contributed by atoms with E-state index in [1.54, 1.807) is 11.8 Å². The zero-order valence-electron chi connectivity index (χ0n) is 11.4. The maximum atomic E-state index is 11.6. The largest absolute Gasteiger partial charge is 0.480 e. The molecule has 0 aliphatic rings. The van der Waals surface area contributed by atoms with Crippen LogP contribution >= 0.6 is 11.8 Å². The molecule has 6 heteroatoms. The topological polar surface area (TPSA) is 75.6 Å². The van der Waals surface area contributed by atoms with Crippen LogP contribution < -0.4 is 5.32 Å². The minimum atomic E-state index is -1.02. The van der Waals surface area contributed by atoms with Gasteiger partial charge in [-0.15, -0.1) is 0 Å². The van der Waals surface area contributed by atoms with E-state index in [0.717, 1.165) is 5.56 Å². The van der Waals surface area contributed by atoms with E-state index in [2.05, 4.69) is 5.32 Å². The van der Waals surface area contributed by atoms with Crippen molar-refractivity contribution >= 4 is 23.6 Å². The second-order valence-electron chi connectivity index (χ2n) is 4.22. The number of carboxylic acids is 1. The van der Waals surface area contributed by atoms with E-state index in [-0.39, 0.29) is 6.61 Å². The van der Waals surface area contributed by atoms with Gasteiger partial charge in [0.05, 0.1) is 6.61 Å². The molecule has 0 aliphatic carbocycles. The Hall–Kier alpha value is -1.53. The molecule has 1 aromatic rings. The fraction of sp³-hybridized carbons (Fsp3) is 0.429. The van der Waals surface area contributed by atoms with Gasteiger partial charge in [0.2, 0.25) is 5.91 Å². The molecule has 0 aromatic heterocycles. The lowest BCUT2D eigenvalue weighted by Gasteiger charge is -2.14. The van der Waals surface area contributed by atoms with Gasteiger partial charge in [-0.2, -0.15) is 11.8 Å². The third-order valence-electron chi connectivity index (χ3n) is 2.59. The van der Waals surface area contributed by atoms with E-state index in [9.17, 15) is 9.59 Å². The molecule has 1 atom stereocenters. The lowest BCUT2D eigenvalue weighted by molar-refractivity contribution is -0.142. The number of carbonyl (C=O) groups excluding carboxylic acids is 1. The SMILES string of the molecule is CSCC[C@H](NC(=O)COCc1ccccc1)C(=O)O. The molecular formula is C14H19NO4S.